The van der Waals surface area contributed by atoms with E-state index < -0.39 is 0 Å². The van der Waals surface area contributed by atoms with Gasteiger partial charge in [-0.25, -0.2) is 4.98 Å². The van der Waals surface area contributed by atoms with Gasteiger partial charge in [0, 0.05) is 6.54 Å². The molecule has 0 spiro atoms. The Balaban J connectivity index is 2.37. The summed E-state index contributed by atoms with van der Waals surface area (Å²) in [5, 5.41) is 2.98. The van der Waals surface area contributed by atoms with Crippen LogP contribution in [0.4, 0.5) is 0 Å². The summed E-state index contributed by atoms with van der Waals surface area (Å²) in [4.78, 5) is 8.09. The Bertz CT molecular complexity index is 222. The van der Waals surface area contributed by atoms with Crippen molar-refractivity contribution in [2.75, 3.05) is 20.2 Å². The molecule has 1 aromatic heterocycles. The summed E-state index contributed by atoms with van der Waals surface area (Å²) in [6, 6.07) is 0. The SMILES string of the molecule is CNCCOc1cnc(C)cn1. The fourth-order valence-corrected chi connectivity index (χ4v) is 0.713. The number of nitrogens with zero attached hydrogens (tertiary/aromatic N) is 2. The Hall–Kier alpha value is -1.16. The molecule has 0 atom stereocenters. The van der Waals surface area contributed by atoms with Crippen LogP contribution in [-0.4, -0.2) is 30.2 Å². The van der Waals surface area contributed by atoms with E-state index >= 15 is 0 Å². The fourth-order valence-electron chi connectivity index (χ4n) is 0.713. The Morgan fingerprint density at radius 1 is 1.42 bits per heavy atom. The minimum absolute atomic E-state index is 0.579. The van der Waals surface area contributed by atoms with Crippen LogP contribution >= 0.6 is 0 Å². The number of hydrogen-bond donors (Lipinski definition) is 1. The lowest BCUT2D eigenvalue weighted by Gasteiger charge is -2.03. The highest BCUT2D eigenvalue weighted by Crippen LogP contribution is 2.01. The normalized spacial score (nSPS) is 9.83. The number of likely N-dealkylation sites (N-methyl/N-ethyl adjacent to an activating group) is 1. The highest BCUT2D eigenvalue weighted by molar-refractivity contribution is 5.05. The molecule has 0 saturated carbocycles. The summed E-state index contributed by atoms with van der Waals surface area (Å²) in [6.07, 6.45) is 3.32. The van der Waals surface area contributed by atoms with Crippen LogP contribution in [0.5, 0.6) is 5.88 Å². The molecule has 1 N–H and O–H groups in total. The predicted molar refractivity (Wildman–Crippen MR) is 46.2 cm³/mol. The van der Waals surface area contributed by atoms with Gasteiger partial charge < -0.3 is 10.1 Å². The molecule has 0 fully saturated rings. The van der Waals surface area contributed by atoms with Gasteiger partial charge in [-0.1, -0.05) is 0 Å². The van der Waals surface area contributed by atoms with E-state index in [0.29, 0.717) is 12.5 Å². The van der Waals surface area contributed by atoms with E-state index in [4.69, 9.17) is 4.74 Å². The standard InChI is InChI=1S/C8H13N3O/c1-7-5-11-8(6-10-7)12-4-3-9-2/h5-6,9H,3-4H2,1-2H3. The van der Waals surface area contributed by atoms with Crippen LogP contribution in [0.3, 0.4) is 0 Å². The van der Waals surface area contributed by atoms with Gasteiger partial charge in [-0.3, -0.25) is 4.98 Å². The molecule has 1 rings (SSSR count). The molecular weight excluding hydrogens is 154 g/mol. The lowest BCUT2D eigenvalue weighted by molar-refractivity contribution is 0.305. The molecule has 0 unspecified atom stereocenters. The number of rotatable bonds is 4. The quantitative estimate of drug-likeness (QED) is 0.659. The van der Waals surface area contributed by atoms with Crippen molar-refractivity contribution in [1.82, 2.24) is 15.3 Å². The fraction of sp³-hybridized carbons (Fsp3) is 0.500. The second-order valence-electron chi connectivity index (χ2n) is 2.45. The lowest BCUT2D eigenvalue weighted by Crippen LogP contribution is -2.16. The van der Waals surface area contributed by atoms with Gasteiger partial charge in [0.25, 0.3) is 0 Å². The van der Waals surface area contributed by atoms with Crippen LogP contribution < -0.4 is 10.1 Å². The van der Waals surface area contributed by atoms with Gasteiger partial charge >= 0.3 is 0 Å². The van der Waals surface area contributed by atoms with Crippen LogP contribution in [0.2, 0.25) is 0 Å². The maximum atomic E-state index is 5.27. The summed E-state index contributed by atoms with van der Waals surface area (Å²) in [7, 11) is 1.88. The summed E-state index contributed by atoms with van der Waals surface area (Å²) >= 11 is 0. The summed E-state index contributed by atoms with van der Waals surface area (Å²) in [6.45, 7) is 3.33. The average molecular weight is 167 g/mol. The first-order chi connectivity index (χ1) is 5.83. The second-order valence-corrected chi connectivity index (χ2v) is 2.45. The van der Waals surface area contributed by atoms with Crippen molar-refractivity contribution in [3.05, 3.63) is 18.1 Å². The van der Waals surface area contributed by atoms with Gasteiger partial charge in [-0.2, -0.15) is 0 Å². The molecule has 0 saturated heterocycles. The van der Waals surface area contributed by atoms with Crippen molar-refractivity contribution in [2.24, 2.45) is 0 Å². The van der Waals surface area contributed by atoms with Crippen LogP contribution in [0.25, 0.3) is 0 Å². The van der Waals surface area contributed by atoms with Crippen molar-refractivity contribution < 1.29 is 4.74 Å². The van der Waals surface area contributed by atoms with Gasteiger partial charge in [-0.15, -0.1) is 0 Å². The molecule has 4 nitrogen and oxygen atoms in total. The first kappa shape index (κ1) is 8.93. The zero-order valence-electron chi connectivity index (χ0n) is 7.37. The Morgan fingerprint density at radius 2 is 2.25 bits per heavy atom. The molecule has 0 aliphatic carbocycles. The first-order valence-corrected chi connectivity index (χ1v) is 3.89. The van der Waals surface area contributed by atoms with E-state index in [0.717, 1.165) is 12.2 Å². The Labute approximate surface area is 72.0 Å². The number of nitrogens with one attached hydrogen (secondary N) is 1. The van der Waals surface area contributed by atoms with E-state index in [2.05, 4.69) is 15.3 Å². The molecule has 0 aliphatic rings. The van der Waals surface area contributed by atoms with Gasteiger partial charge in [0.05, 0.1) is 18.1 Å². The third-order valence-electron chi connectivity index (χ3n) is 1.36. The van der Waals surface area contributed by atoms with Crippen molar-refractivity contribution >= 4 is 0 Å². The first-order valence-electron chi connectivity index (χ1n) is 3.89. The maximum Gasteiger partial charge on any atom is 0.232 e. The van der Waals surface area contributed by atoms with Crippen molar-refractivity contribution in [2.45, 2.75) is 6.92 Å². The monoisotopic (exact) mass is 167 g/mol. The van der Waals surface area contributed by atoms with Crippen LogP contribution in [0, 0.1) is 6.92 Å². The van der Waals surface area contributed by atoms with Gasteiger partial charge in [0.15, 0.2) is 0 Å². The lowest BCUT2D eigenvalue weighted by atomic mass is 10.5. The number of aromatic nitrogens is 2. The molecule has 4 heteroatoms. The van der Waals surface area contributed by atoms with Crippen molar-refractivity contribution in [3.8, 4) is 5.88 Å². The van der Waals surface area contributed by atoms with Gasteiger partial charge in [0.2, 0.25) is 5.88 Å². The molecule has 0 radical (unpaired) electrons. The third-order valence-corrected chi connectivity index (χ3v) is 1.36. The minimum Gasteiger partial charge on any atom is -0.475 e. The van der Waals surface area contributed by atoms with E-state index in [-0.39, 0.29) is 0 Å². The van der Waals surface area contributed by atoms with E-state index in [1.165, 1.54) is 0 Å². The van der Waals surface area contributed by atoms with E-state index in [9.17, 15) is 0 Å². The maximum absolute atomic E-state index is 5.27. The molecule has 0 amide bonds. The number of ether oxygens (including phenoxy) is 1. The van der Waals surface area contributed by atoms with E-state index in [1.807, 2.05) is 14.0 Å². The molecule has 0 aromatic carbocycles. The highest BCUT2D eigenvalue weighted by atomic mass is 16.5. The van der Waals surface area contributed by atoms with Crippen LogP contribution in [-0.2, 0) is 0 Å². The Morgan fingerprint density at radius 3 is 2.83 bits per heavy atom. The molecule has 12 heavy (non-hydrogen) atoms. The topological polar surface area (TPSA) is 47.0 Å². The zero-order chi connectivity index (χ0) is 8.81. The summed E-state index contributed by atoms with van der Waals surface area (Å²) in [5.41, 5.74) is 0.899. The minimum atomic E-state index is 0.579. The third kappa shape index (κ3) is 2.84. The predicted octanol–water partition coefficient (Wildman–Crippen LogP) is 0.383. The smallest absolute Gasteiger partial charge is 0.232 e. The van der Waals surface area contributed by atoms with Gasteiger partial charge in [0.1, 0.15) is 6.61 Å². The molecule has 1 heterocycles. The van der Waals surface area contributed by atoms with Crippen LogP contribution in [0.15, 0.2) is 12.4 Å². The summed E-state index contributed by atoms with van der Waals surface area (Å²) in [5.74, 6) is 0.579. The molecular formula is C8H13N3O. The molecule has 1 aromatic rings. The largest absolute Gasteiger partial charge is 0.475 e. The van der Waals surface area contributed by atoms with Crippen molar-refractivity contribution in [3.63, 3.8) is 0 Å². The van der Waals surface area contributed by atoms with Crippen molar-refractivity contribution in [1.29, 1.82) is 0 Å². The number of hydrogen-bond acceptors (Lipinski definition) is 4. The summed E-state index contributed by atoms with van der Waals surface area (Å²) < 4.78 is 5.27. The van der Waals surface area contributed by atoms with Gasteiger partial charge in [-0.05, 0) is 14.0 Å². The van der Waals surface area contributed by atoms with Crippen LogP contribution in [0.1, 0.15) is 5.69 Å². The Kier molecular flexibility index (Phi) is 3.47. The average Bonchev–Trinajstić information content (AvgIpc) is 2.09. The zero-order valence-corrected chi connectivity index (χ0v) is 7.37. The second kappa shape index (κ2) is 4.66. The molecule has 0 bridgehead atoms. The molecule has 66 valence electrons. The number of aryl methyl sites for hydroxylation is 1. The highest BCUT2D eigenvalue weighted by Gasteiger charge is 1.93. The van der Waals surface area contributed by atoms with E-state index in [1.54, 1.807) is 12.4 Å². The molecule has 0 aliphatic heterocycles.